The second-order valence-electron chi connectivity index (χ2n) is 7.28. The quantitative estimate of drug-likeness (QED) is 0.701. The summed E-state index contributed by atoms with van der Waals surface area (Å²) in [5, 5.41) is 16.1. The van der Waals surface area contributed by atoms with Crippen LogP contribution >= 0.6 is 0 Å². The molecule has 0 saturated heterocycles. The second kappa shape index (κ2) is 7.27. The van der Waals surface area contributed by atoms with Gasteiger partial charge in [-0.1, -0.05) is 13.8 Å². The largest absolute Gasteiger partial charge is 0.444 e. The molecule has 3 N–H and O–H groups in total. The fourth-order valence-electron chi connectivity index (χ4n) is 1.52. The Bertz CT molecular complexity index is 303. The number of ether oxygens (including phenoxy) is 1. The van der Waals surface area contributed by atoms with E-state index in [-0.39, 0.29) is 12.1 Å². The molecule has 0 spiro atoms. The molecule has 0 heterocycles. The minimum Gasteiger partial charge on any atom is -0.444 e. The molecule has 0 bridgehead atoms. The highest BCUT2D eigenvalue weighted by atomic mass is 16.6. The molecule has 0 aliphatic heterocycles. The average molecular weight is 288 g/mol. The summed E-state index contributed by atoms with van der Waals surface area (Å²) in [5.41, 5.74) is -1.30. The Kier molecular flexibility index (Phi) is 6.98. The molecule has 2 atom stereocenters. The number of alkyl carbamates (subject to hydrolysis) is 1. The van der Waals surface area contributed by atoms with E-state index in [1.54, 1.807) is 13.8 Å². The van der Waals surface area contributed by atoms with Gasteiger partial charge in [-0.05, 0) is 47.5 Å². The molecule has 5 heteroatoms. The number of rotatable bonds is 6. The van der Waals surface area contributed by atoms with E-state index in [4.69, 9.17) is 4.74 Å². The summed E-state index contributed by atoms with van der Waals surface area (Å²) >= 11 is 0. The highest BCUT2D eigenvalue weighted by Gasteiger charge is 2.26. The zero-order chi connectivity index (χ0) is 16.1. The van der Waals surface area contributed by atoms with Gasteiger partial charge in [0.1, 0.15) is 5.60 Å². The van der Waals surface area contributed by atoms with Crippen molar-refractivity contribution in [3.05, 3.63) is 0 Å². The molecule has 1 amide bonds. The van der Waals surface area contributed by atoms with Gasteiger partial charge in [-0.3, -0.25) is 0 Å². The van der Waals surface area contributed by atoms with E-state index >= 15 is 0 Å². The first-order valence-corrected chi connectivity index (χ1v) is 7.28. The number of carbonyl (C=O) groups is 1. The van der Waals surface area contributed by atoms with E-state index < -0.39 is 17.3 Å². The van der Waals surface area contributed by atoms with E-state index in [0.29, 0.717) is 12.5 Å². The van der Waals surface area contributed by atoms with E-state index in [0.717, 1.165) is 0 Å². The Hall–Kier alpha value is -0.810. The first-order chi connectivity index (χ1) is 8.83. The molecular formula is C15H32N2O3. The third-order valence-electron chi connectivity index (χ3n) is 3.19. The van der Waals surface area contributed by atoms with Gasteiger partial charge in [-0.25, -0.2) is 4.79 Å². The summed E-state index contributed by atoms with van der Waals surface area (Å²) in [6, 6.07) is -0.000667. The predicted molar refractivity (Wildman–Crippen MR) is 81.8 cm³/mol. The molecular weight excluding hydrogens is 256 g/mol. The van der Waals surface area contributed by atoms with Gasteiger partial charge < -0.3 is 20.5 Å². The Morgan fingerprint density at radius 2 is 1.65 bits per heavy atom. The zero-order valence-electron chi connectivity index (χ0n) is 14.2. The van der Waals surface area contributed by atoms with Crippen molar-refractivity contribution in [2.75, 3.05) is 6.54 Å². The average Bonchev–Trinajstić information content (AvgIpc) is 2.19. The SMILES string of the molecule is CC(C)C(CNC(=O)OC(C)(C)C)NC(C)C(C)(C)O. The van der Waals surface area contributed by atoms with Crippen LogP contribution in [0, 0.1) is 5.92 Å². The topological polar surface area (TPSA) is 70.6 Å². The van der Waals surface area contributed by atoms with Crippen LogP contribution in [0.2, 0.25) is 0 Å². The van der Waals surface area contributed by atoms with Gasteiger partial charge in [0.15, 0.2) is 0 Å². The maximum atomic E-state index is 11.7. The summed E-state index contributed by atoms with van der Waals surface area (Å²) in [6.45, 7) is 15.6. The third kappa shape index (κ3) is 8.38. The molecule has 0 aliphatic carbocycles. The van der Waals surface area contributed by atoms with Gasteiger partial charge in [-0.15, -0.1) is 0 Å². The van der Waals surface area contributed by atoms with Crippen LogP contribution in [0.15, 0.2) is 0 Å². The fraction of sp³-hybridized carbons (Fsp3) is 0.933. The van der Waals surface area contributed by atoms with Gasteiger partial charge in [0, 0.05) is 18.6 Å². The molecule has 0 radical (unpaired) electrons. The van der Waals surface area contributed by atoms with Crippen LogP contribution in [0.3, 0.4) is 0 Å². The van der Waals surface area contributed by atoms with Crippen molar-refractivity contribution in [1.29, 1.82) is 0 Å². The smallest absolute Gasteiger partial charge is 0.407 e. The summed E-state index contributed by atoms with van der Waals surface area (Å²) in [5.74, 6) is 0.328. The monoisotopic (exact) mass is 288 g/mol. The lowest BCUT2D eigenvalue weighted by atomic mass is 9.97. The van der Waals surface area contributed by atoms with Crippen LogP contribution in [-0.4, -0.2) is 41.0 Å². The Morgan fingerprint density at radius 1 is 1.15 bits per heavy atom. The summed E-state index contributed by atoms with van der Waals surface area (Å²) in [6.07, 6.45) is -0.416. The maximum Gasteiger partial charge on any atom is 0.407 e. The molecule has 20 heavy (non-hydrogen) atoms. The molecule has 0 aromatic heterocycles. The Balaban J connectivity index is 4.40. The van der Waals surface area contributed by atoms with Crippen LogP contribution in [0.4, 0.5) is 4.79 Å². The van der Waals surface area contributed by atoms with E-state index in [1.807, 2.05) is 27.7 Å². The predicted octanol–water partition coefficient (Wildman–Crippen LogP) is 2.28. The lowest BCUT2D eigenvalue weighted by Crippen LogP contribution is -2.54. The van der Waals surface area contributed by atoms with Gasteiger partial charge >= 0.3 is 6.09 Å². The summed E-state index contributed by atoms with van der Waals surface area (Å²) in [7, 11) is 0. The second-order valence-corrected chi connectivity index (χ2v) is 7.28. The van der Waals surface area contributed by atoms with Crippen molar-refractivity contribution in [1.82, 2.24) is 10.6 Å². The number of nitrogens with one attached hydrogen (secondary N) is 2. The Morgan fingerprint density at radius 3 is 2.00 bits per heavy atom. The van der Waals surface area contributed by atoms with Crippen LogP contribution < -0.4 is 10.6 Å². The van der Waals surface area contributed by atoms with Gasteiger partial charge in [0.2, 0.25) is 0 Å². The van der Waals surface area contributed by atoms with E-state index in [9.17, 15) is 9.90 Å². The van der Waals surface area contributed by atoms with Crippen LogP contribution in [0.1, 0.15) is 55.4 Å². The number of aliphatic hydroxyl groups is 1. The number of amides is 1. The fourth-order valence-corrected chi connectivity index (χ4v) is 1.52. The van der Waals surface area contributed by atoms with Crippen LogP contribution in [-0.2, 0) is 4.74 Å². The van der Waals surface area contributed by atoms with Crippen molar-refractivity contribution in [3.8, 4) is 0 Å². The first-order valence-electron chi connectivity index (χ1n) is 7.28. The van der Waals surface area contributed by atoms with E-state index in [1.165, 1.54) is 0 Å². The van der Waals surface area contributed by atoms with Crippen molar-refractivity contribution in [2.45, 2.75) is 78.7 Å². The molecule has 2 unspecified atom stereocenters. The van der Waals surface area contributed by atoms with Crippen molar-refractivity contribution in [2.24, 2.45) is 5.92 Å². The molecule has 5 nitrogen and oxygen atoms in total. The number of hydrogen-bond donors (Lipinski definition) is 3. The minimum absolute atomic E-state index is 0.0731. The van der Waals surface area contributed by atoms with Gasteiger partial charge in [-0.2, -0.15) is 0 Å². The van der Waals surface area contributed by atoms with Crippen molar-refractivity contribution in [3.63, 3.8) is 0 Å². The van der Waals surface area contributed by atoms with E-state index in [2.05, 4.69) is 24.5 Å². The molecule has 0 aromatic rings. The first kappa shape index (κ1) is 19.2. The Labute approximate surface area is 123 Å². The lowest BCUT2D eigenvalue weighted by Gasteiger charge is -2.33. The zero-order valence-corrected chi connectivity index (χ0v) is 14.2. The molecule has 0 saturated carbocycles. The number of carbonyl (C=O) groups excluding carboxylic acids is 1. The highest BCUT2D eigenvalue weighted by Crippen LogP contribution is 2.11. The van der Waals surface area contributed by atoms with Crippen LogP contribution in [0.5, 0.6) is 0 Å². The molecule has 0 rings (SSSR count). The van der Waals surface area contributed by atoms with Crippen molar-refractivity contribution >= 4 is 6.09 Å². The maximum absolute atomic E-state index is 11.7. The van der Waals surface area contributed by atoms with Crippen molar-refractivity contribution < 1.29 is 14.6 Å². The normalized spacial score (nSPS) is 15.9. The summed E-state index contributed by atoms with van der Waals surface area (Å²) in [4.78, 5) is 11.7. The highest BCUT2D eigenvalue weighted by molar-refractivity contribution is 5.67. The standard InChI is InChI=1S/C15H32N2O3/c1-10(2)12(17-11(3)15(7,8)19)9-16-13(18)20-14(4,5)6/h10-12,17,19H,9H2,1-8H3,(H,16,18). The molecule has 0 aliphatic rings. The molecule has 120 valence electrons. The molecule has 0 fully saturated rings. The van der Waals surface area contributed by atoms with Gasteiger partial charge in [0.25, 0.3) is 0 Å². The van der Waals surface area contributed by atoms with Gasteiger partial charge in [0.05, 0.1) is 5.60 Å². The lowest BCUT2D eigenvalue weighted by molar-refractivity contribution is 0.0358. The minimum atomic E-state index is -0.806. The molecule has 0 aromatic carbocycles. The summed E-state index contributed by atoms with van der Waals surface area (Å²) < 4.78 is 5.21. The third-order valence-corrected chi connectivity index (χ3v) is 3.19. The number of hydrogen-bond acceptors (Lipinski definition) is 4. The van der Waals surface area contributed by atoms with Crippen LogP contribution in [0.25, 0.3) is 0 Å².